The van der Waals surface area contributed by atoms with Gasteiger partial charge in [-0.05, 0) is 36.2 Å². The zero-order chi connectivity index (χ0) is 18.5. The number of benzene rings is 1. The molecule has 3 heterocycles. The molecule has 2 aromatic rings. The predicted molar refractivity (Wildman–Crippen MR) is 97.5 cm³/mol. The van der Waals surface area contributed by atoms with Gasteiger partial charge in [-0.3, -0.25) is 14.6 Å². The third-order valence-corrected chi connectivity index (χ3v) is 5.77. The van der Waals surface area contributed by atoms with Gasteiger partial charge in [0.05, 0.1) is 33.3 Å². The molecule has 0 aliphatic carbocycles. The number of amides is 2. The summed E-state index contributed by atoms with van der Waals surface area (Å²) in [6.45, 7) is 0.541. The Morgan fingerprint density at radius 1 is 1.31 bits per heavy atom. The van der Waals surface area contributed by atoms with Gasteiger partial charge < -0.3 is 15.3 Å². The lowest BCUT2D eigenvalue weighted by Crippen LogP contribution is -2.39. The van der Waals surface area contributed by atoms with E-state index in [0.29, 0.717) is 40.0 Å². The van der Waals surface area contributed by atoms with Crippen molar-refractivity contribution in [3.63, 3.8) is 0 Å². The van der Waals surface area contributed by atoms with Gasteiger partial charge in [0.1, 0.15) is 0 Å². The molecule has 2 aliphatic rings. The largest absolute Gasteiger partial charge is 0.390 e. The molecular weight excluding hydrogens is 377 g/mol. The van der Waals surface area contributed by atoms with Crippen molar-refractivity contribution >= 4 is 40.7 Å². The summed E-state index contributed by atoms with van der Waals surface area (Å²) in [6.07, 6.45) is 1.95. The van der Waals surface area contributed by atoms with E-state index < -0.39 is 5.41 Å². The lowest BCUT2D eigenvalue weighted by atomic mass is 9.81. The molecule has 0 unspecified atom stereocenters. The highest BCUT2D eigenvalue weighted by atomic mass is 35.5. The van der Waals surface area contributed by atoms with Crippen molar-refractivity contribution in [1.29, 1.82) is 0 Å². The molecule has 1 fully saturated rings. The molecule has 1 aromatic carbocycles. The van der Waals surface area contributed by atoms with Gasteiger partial charge in [0.15, 0.2) is 0 Å². The van der Waals surface area contributed by atoms with Gasteiger partial charge in [-0.25, -0.2) is 0 Å². The number of pyridine rings is 1. The van der Waals surface area contributed by atoms with Crippen LogP contribution in [-0.2, 0) is 16.8 Å². The van der Waals surface area contributed by atoms with Crippen LogP contribution >= 0.6 is 23.2 Å². The molecule has 8 heteroatoms. The fourth-order valence-corrected chi connectivity index (χ4v) is 3.95. The number of aliphatic hydroxyl groups is 1. The van der Waals surface area contributed by atoms with Crippen molar-refractivity contribution < 1.29 is 14.7 Å². The number of carbonyl (C=O) groups is 2. The molecule has 1 atom stereocenters. The normalized spacial score (nSPS) is 21.2. The Morgan fingerprint density at radius 3 is 2.77 bits per heavy atom. The number of anilines is 1. The van der Waals surface area contributed by atoms with Crippen LogP contribution in [0.3, 0.4) is 0 Å². The summed E-state index contributed by atoms with van der Waals surface area (Å²) >= 11 is 12.2. The Balaban J connectivity index is 1.63. The zero-order valence-electron chi connectivity index (χ0n) is 13.6. The first-order chi connectivity index (χ1) is 12.4. The number of rotatable bonds is 2. The summed E-state index contributed by atoms with van der Waals surface area (Å²) in [6, 6.07) is 6.60. The number of aliphatic hydroxyl groups excluding tert-OH is 1. The van der Waals surface area contributed by atoms with E-state index in [1.807, 2.05) is 0 Å². The molecule has 0 bridgehead atoms. The van der Waals surface area contributed by atoms with Crippen molar-refractivity contribution in [3.05, 3.63) is 57.3 Å². The van der Waals surface area contributed by atoms with Crippen molar-refractivity contribution in [1.82, 2.24) is 9.88 Å². The summed E-state index contributed by atoms with van der Waals surface area (Å²) < 4.78 is 0. The summed E-state index contributed by atoms with van der Waals surface area (Å²) in [5.41, 5.74) is 1.54. The summed E-state index contributed by atoms with van der Waals surface area (Å²) in [5.74, 6) is -0.338. The van der Waals surface area contributed by atoms with E-state index in [1.165, 1.54) is 6.20 Å². The number of carbonyl (C=O) groups excluding carboxylic acids is 2. The molecule has 0 radical (unpaired) electrons. The second kappa shape index (κ2) is 6.23. The monoisotopic (exact) mass is 391 g/mol. The maximum Gasteiger partial charge on any atom is 0.255 e. The van der Waals surface area contributed by atoms with Crippen LogP contribution in [-0.4, -0.2) is 39.9 Å². The first kappa shape index (κ1) is 17.3. The molecule has 6 nitrogen and oxygen atoms in total. The highest BCUT2D eigenvalue weighted by Gasteiger charge is 2.52. The Labute approximate surface area is 159 Å². The van der Waals surface area contributed by atoms with E-state index in [2.05, 4.69) is 10.3 Å². The van der Waals surface area contributed by atoms with Crippen molar-refractivity contribution in [3.8, 4) is 0 Å². The molecule has 134 valence electrons. The maximum atomic E-state index is 12.8. The van der Waals surface area contributed by atoms with Crippen LogP contribution in [0.25, 0.3) is 0 Å². The summed E-state index contributed by atoms with van der Waals surface area (Å²) in [4.78, 5) is 31.1. The van der Waals surface area contributed by atoms with Gasteiger partial charge >= 0.3 is 0 Å². The topological polar surface area (TPSA) is 82.5 Å². The van der Waals surface area contributed by atoms with Crippen LogP contribution in [0.4, 0.5) is 5.69 Å². The number of nitrogens with zero attached hydrogens (tertiary/aromatic N) is 2. The van der Waals surface area contributed by atoms with Crippen LogP contribution in [0.15, 0.2) is 30.5 Å². The van der Waals surface area contributed by atoms with Crippen molar-refractivity contribution in [2.75, 3.05) is 18.4 Å². The number of nitrogens with one attached hydrogen (secondary N) is 1. The van der Waals surface area contributed by atoms with Crippen molar-refractivity contribution in [2.24, 2.45) is 0 Å². The molecule has 1 saturated heterocycles. The Bertz CT molecular complexity index is 917. The van der Waals surface area contributed by atoms with Crippen LogP contribution in [0.1, 0.15) is 28.0 Å². The quantitative estimate of drug-likeness (QED) is 0.823. The average Bonchev–Trinajstić information content (AvgIpc) is 3.19. The zero-order valence-corrected chi connectivity index (χ0v) is 15.1. The van der Waals surface area contributed by atoms with Crippen LogP contribution < -0.4 is 5.32 Å². The molecule has 2 aliphatic heterocycles. The molecule has 0 saturated carbocycles. The molecule has 4 rings (SSSR count). The molecule has 2 N–H and O–H groups in total. The lowest BCUT2D eigenvalue weighted by Gasteiger charge is -2.23. The fraction of sp³-hybridized carbons (Fsp3) is 0.278. The third kappa shape index (κ3) is 2.57. The molecule has 1 spiro atoms. The van der Waals surface area contributed by atoms with E-state index in [0.717, 1.165) is 5.56 Å². The van der Waals surface area contributed by atoms with Gasteiger partial charge in [-0.15, -0.1) is 0 Å². The average molecular weight is 392 g/mol. The van der Waals surface area contributed by atoms with E-state index in [-0.39, 0.29) is 25.0 Å². The van der Waals surface area contributed by atoms with Crippen LogP contribution in [0, 0.1) is 0 Å². The highest BCUT2D eigenvalue weighted by Crippen LogP contribution is 2.46. The number of fused-ring (bicyclic) bond motifs is 2. The number of hydrogen-bond acceptors (Lipinski definition) is 4. The van der Waals surface area contributed by atoms with E-state index >= 15 is 0 Å². The molecule has 26 heavy (non-hydrogen) atoms. The third-order valence-electron chi connectivity index (χ3n) is 5.05. The van der Waals surface area contributed by atoms with E-state index in [9.17, 15) is 9.59 Å². The standard InChI is InChI=1S/C18H15Cl2N3O3/c19-13-5-12-15(6-14(13)20)22-17(26)18(12)3-4-23(9-18)16(25)10-1-2-11(8-24)21-7-10/h1-2,5-7,24H,3-4,8-9H2,(H,22,26)/t18-/m1/s1. The highest BCUT2D eigenvalue weighted by molar-refractivity contribution is 6.42. The van der Waals surface area contributed by atoms with Gasteiger partial charge in [-0.2, -0.15) is 0 Å². The first-order valence-electron chi connectivity index (χ1n) is 8.11. The number of aromatic nitrogens is 1. The van der Waals surface area contributed by atoms with Gasteiger partial charge in [-0.1, -0.05) is 23.2 Å². The smallest absolute Gasteiger partial charge is 0.255 e. The Morgan fingerprint density at radius 2 is 2.08 bits per heavy atom. The minimum absolute atomic E-state index is 0.144. The summed E-state index contributed by atoms with van der Waals surface area (Å²) in [5, 5.41) is 12.7. The fourth-order valence-electron chi connectivity index (χ4n) is 3.63. The predicted octanol–water partition coefficient (Wildman–Crippen LogP) is 2.62. The number of likely N-dealkylation sites (tertiary alicyclic amines) is 1. The van der Waals surface area contributed by atoms with Gasteiger partial charge in [0.25, 0.3) is 5.91 Å². The first-order valence-corrected chi connectivity index (χ1v) is 8.86. The number of hydrogen-bond donors (Lipinski definition) is 2. The maximum absolute atomic E-state index is 12.8. The Kier molecular flexibility index (Phi) is 4.14. The summed E-state index contributed by atoms with van der Waals surface area (Å²) in [7, 11) is 0. The van der Waals surface area contributed by atoms with Crippen LogP contribution in [0.5, 0.6) is 0 Å². The van der Waals surface area contributed by atoms with Crippen LogP contribution in [0.2, 0.25) is 10.0 Å². The van der Waals surface area contributed by atoms with Gasteiger partial charge in [0, 0.05) is 25.0 Å². The second-order valence-corrected chi connectivity index (χ2v) is 7.34. The molecule has 1 aromatic heterocycles. The molecular formula is C18H15Cl2N3O3. The Hall–Kier alpha value is -2.15. The second-order valence-electron chi connectivity index (χ2n) is 6.52. The SMILES string of the molecule is O=C(c1ccc(CO)nc1)N1CC[C@]2(C1)C(=O)Nc1cc(Cl)c(Cl)cc12. The van der Waals surface area contributed by atoms with E-state index in [4.69, 9.17) is 28.3 Å². The van der Waals surface area contributed by atoms with E-state index in [1.54, 1.807) is 29.2 Å². The minimum Gasteiger partial charge on any atom is -0.390 e. The lowest BCUT2D eigenvalue weighted by molar-refractivity contribution is -0.120. The molecule has 2 amide bonds. The number of halogens is 2. The van der Waals surface area contributed by atoms with Gasteiger partial charge in [0.2, 0.25) is 5.91 Å². The minimum atomic E-state index is -0.808. The van der Waals surface area contributed by atoms with Crippen molar-refractivity contribution in [2.45, 2.75) is 18.4 Å².